The number of nitrogens with zero attached hydrogens (tertiary/aromatic N) is 3. The number of carbonyl (C=O) groups excluding carboxylic acids is 1. The normalized spacial score (nSPS) is 18.1. The molecule has 2 N–H and O–H groups in total. The molecule has 9 heteroatoms. The van der Waals surface area contributed by atoms with Crippen LogP contribution in [-0.4, -0.2) is 33.1 Å². The van der Waals surface area contributed by atoms with Crippen molar-refractivity contribution in [3.8, 4) is 5.75 Å². The van der Waals surface area contributed by atoms with Crippen molar-refractivity contribution in [2.24, 2.45) is 0 Å². The van der Waals surface area contributed by atoms with E-state index in [1.807, 2.05) is 35.9 Å². The maximum absolute atomic E-state index is 13.1. The van der Waals surface area contributed by atoms with Crippen molar-refractivity contribution in [2.45, 2.75) is 23.4 Å². The number of halogens is 1. The summed E-state index contributed by atoms with van der Waals surface area (Å²) in [6.07, 6.45) is 0. The van der Waals surface area contributed by atoms with Crippen molar-refractivity contribution in [3.05, 3.63) is 64.9 Å². The van der Waals surface area contributed by atoms with Crippen LogP contribution in [0.5, 0.6) is 5.75 Å². The minimum Gasteiger partial charge on any atom is -0.497 e. The van der Waals surface area contributed by atoms with Gasteiger partial charge in [0, 0.05) is 10.7 Å². The van der Waals surface area contributed by atoms with Gasteiger partial charge in [-0.3, -0.25) is 4.79 Å². The van der Waals surface area contributed by atoms with E-state index in [1.54, 1.807) is 31.4 Å². The maximum Gasteiger partial charge on any atom is 0.240 e. The lowest BCUT2D eigenvalue weighted by Crippen LogP contribution is -2.41. The van der Waals surface area contributed by atoms with E-state index in [-0.39, 0.29) is 11.9 Å². The first-order chi connectivity index (χ1) is 13.5. The molecule has 1 amide bonds. The second-order valence-electron chi connectivity index (χ2n) is 6.28. The van der Waals surface area contributed by atoms with Gasteiger partial charge < -0.3 is 15.5 Å². The highest BCUT2D eigenvalue weighted by Gasteiger charge is 2.37. The van der Waals surface area contributed by atoms with Gasteiger partial charge in [0.05, 0.1) is 13.2 Å². The minimum absolute atomic E-state index is 0.132. The second-order valence-corrected chi connectivity index (χ2v) is 7.82. The Balaban J connectivity index is 1.64. The number of hydrogen-bond donors (Lipinski definition) is 2. The third-order valence-electron chi connectivity index (χ3n) is 4.44. The zero-order valence-corrected chi connectivity index (χ0v) is 16.8. The Morgan fingerprint density at radius 1 is 1.18 bits per heavy atom. The van der Waals surface area contributed by atoms with Gasteiger partial charge in [-0.25, -0.2) is 4.68 Å². The molecule has 144 valence electrons. The molecule has 1 aromatic heterocycles. The molecule has 1 aliphatic heterocycles. The molecule has 2 heterocycles. The number of rotatable bonds is 4. The number of thioether (sulfide) groups is 1. The Bertz CT molecular complexity index is 991. The molecule has 0 bridgehead atoms. The molecule has 0 fully saturated rings. The molecule has 0 radical (unpaired) electrons. The number of anilines is 1. The molecule has 7 nitrogen and oxygen atoms in total. The summed E-state index contributed by atoms with van der Waals surface area (Å²) in [5.74, 6) is 1.36. The summed E-state index contributed by atoms with van der Waals surface area (Å²) in [6.45, 7) is 1.86. The van der Waals surface area contributed by atoms with E-state index in [4.69, 9.17) is 16.3 Å². The average molecular weight is 416 g/mol. The number of aromatic nitrogens is 3. The fourth-order valence-electron chi connectivity index (χ4n) is 2.97. The number of amides is 1. The molecule has 4 rings (SSSR count). The van der Waals surface area contributed by atoms with Gasteiger partial charge in [-0.05, 0) is 48.9 Å². The van der Waals surface area contributed by atoms with Crippen molar-refractivity contribution < 1.29 is 9.53 Å². The van der Waals surface area contributed by atoms with Crippen LogP contribution in [0.2, 0.25) is 5.02 Å². The molecular formula is C19H18ClN5O2S. The Morgan fingerprint density at radius 3 is 2.57 bits per heavy atom. The molecule has 0 saturated heterocycles. The summed E-state index contributed by atoms with van der Waals surface area (Å²) in [5, 5.41) is 12.0. The van der Waals surface area contributed by atoms with Gasteiger partial charge in [-0.1, -0.05) is 35.5 Å². The maximum atomic E-state index is 13.1. The molecule has 0 aliphatic carbocycles. The number of carbonyl (C=O) groups is 1. The zero-order valence-electron chi connectivity index (χ0n) is 15.2. The van der Waals surface area contributed by atoms with Crippen molar-refractivity contribution in [2.75, 3.05) is 17.9 Å². The lowest BCUT2D eigenvalue weighted by Gasteiger charge is -2.32. The standard InChI is InChI=1S/C19H18ClN5O2S/c1-11-22-23-19-25(11)24-16(12-3-9-15(27-2)10-4-12)17(28-19)18(26)21-14-7-5-13(20)6-8-14/h3-10,16-17,24H,1-2H3,(H,21,26). The Kier molecular flexibility index (Phi) is 5.15. The molecular weight excluding hydrogens is 398 g/mol. The van der Waals surface area contributed by atoms with E-state index in [0.29, 0.717) is 15.9 Å². The molecule has 2 atom stereocenters. The van der Waals surface area contributed by atoms with Crippen LogP contribution in [-0.2, 0) is 4.79 Å². The van der Waals surface area contributed by atoms with E-state index in [2.05, 4.69) is 20.9 Å². The van der Waals surface area contributed by atoms with E-state index in [0.717, 1.165) is 17.1 Å². The first-order valence-electron chi connectivity index (χ1n) is 8.61. The number of benzene rings is 2. The zero-order chi connectivity index (χ0) is 19.7. The van der Waals surface area contributed by atoms with Crippen LogP contribution in [0.15, 0.2) is 53.7 Å². The summed E-state index contributed by atoms with van der Waals surface area (Å²) in [6, 6.07) is 14.4. The van der Waals surface area contributed by atoms with Crippen LogP contribution in [0, 0.1) is 6.92 Å². The second kappa shape index (κ2) is 7.73. The van der Waals surface area contributed by atoms with Gasteiger partial charge in [0.1, 0.15) is 16.8 Å². The predicted molar refractivity (Wildman–Crippen MR) is 110 cm³/mol. The minimum atomic E-state index is -0.444. The SMILES string of the molecule is COc1ccc(C2Nn3c(C)nnc3SC2C(=O)Nc2ccc(Cl)cc2)cc1. The van der Waals surface area contributed by atoms with Gasteiger partial charge >= 0.3 is 0 Å². The number of hydrogen-bond acceptors (Lipinski definition) is 6. The quantitative estimate of drug-likeness (QED) is 0.677. The average Bonchev–Trinajstić information content (AvgIpc) is 3.09. The molecule has 28 heavy (non-hydrogen) atoms. The molecule has 3 aromatic rings. The summed E-state index contributed by atoms with van der Waals surface area (Å²) < 4.78 is 7.05. The first kappa shape index (κ1) is 18.6. The van der Waals surface area contributed by atoms with Crippen molar-refractivity contribution >= 4 is 35.0 Å². The molecule has 0 spiro atoms. The van der Waals surface area contributed by atoms with E-state index in [1.165, 1.54) is 11.8 Å². The van der Waals surface area contributed by atoms with Crippen molar-refractivity contribution in [1.82, 2.24) is 14.9 Å². The Morgan fingerprint density at radius 2 is 1.89 bits per heavy atom. The topological polar surface area (TPSA) is 81.1 Å². The molecule has 0 saturated carbocycles. The summed E-state index contributed by atoms with van der Waals surface area (Å²) in [7, 11) is 1.62. The molecule has 2 aromatic carbocycles. The highest BCUT2D eigenvalue weighted by molar-refractivity contribution is 8.00. The third kappa shape index (κ3) is 3.65. The van der Waals surface area contributed by atoms with Gasteiger partial charge in [0.25, 0.3) is 0 Å². The highest BCUT2D eigenvalue weighted by atomic mass is 35.5. The third-order valence-corrected chi connectivity index (χ3v) is 5.91. The number of fused-ring (bicyclic) bond motifs is 1. The Hall–Kier alpha value is -2.71. The largest absolute Gasteiger partial charge is 0.497 e. The lowest BCUT2D eigenvalue weighted by molar-refractivity contribution is -0.116. The number of methoxy groups -OCH3 is 1. The van der Waals surface area contributed by atoms with Gasteiger partial charge in [0.15, 0.2) is 0 Å². The summed E-state index contributed by atoms with van der Waals surface area (Å²) in [4.78, 5) is 13.1. The van der Waals surface area contributed by atoms with E-state index < -0.39 is 5.25 Å². The Labute approximate surface area is 171 Å². The predicted octanol–water partition coefficient (Wildman–Crippen LogP) is 3.65. The highest BCUT2D eigenvalue weighted by Crippen LogP contribution is 2.37. The smallest absolute Gasteiger partial charge is 0.240 e. The summed E-state index contributed by atoms with van der Waals surface area (Å²) >= 11 is 7.31. The van der Waals surface area contributed by atoms with Crippen LogP contribution in [0.1, 0.15) is 17.4 Å². The van der Waals surface area contributed by atoms with Crippen LogP contribution in [0.25, 0.3) is 0 Å². The lowest BCUT2D eigenvalue weighted by atomic mass is 10.0. The van der Waals surface area contributed by atoms with Crippen molar-refractivity contribution in [3.63, 3.8) is 0 Å². The fourth-order valence-corrected chi connectivity index (χ4v) is 4.22. The fraction of sp³-hybridized carbons (Fsp3) is 0.211. The number of ether oxygens (including phenoxy) is 1. The van der Waals surface area contributed by atoms with Gasteiger partial charge in [-0.15, -0.1) is 10.2 Å². The van der Waals surface area contributed by atoms with Crippen LogP contribution < -0.4 is 15.5 Å². The molecule has 1 aliphatic rings. The van der Waals surface area contributed by atoms with Crippen LogP contribution in [0.4, 0.5) is 5.69 Å². The number of nitrogens with one attached hydrogen (secondary N) is 2. The van der Waals surface area contributed by atoms with Crippen LogP contribution in [0.3, 0.4) is 0 Å². The number of aryl methyl sites for hydroxylation is 1. The van der Waals surface area contributed by atoms with Gasteiger partial charge in [0.2, 0.25) is 11.1 Å². The summed E-state index contributed by atoms with van der Waals surface area (Å²) in [5.41, 5.74) is 5.02. The van der Waals surface area contributed by atoms with E-state index in [9.17, 15) is 4.79 Å². The molecule has 2 unspecified atom stereocenters. The van der Waals surface area contributed by atoms with Crippen LogP contribution >= 0.6 is 23.4 Å². The van der Waals surface area contributed by atoms with Crippen molar-refractivity contribution in [1.29, 1.82) is 0 Å². The first-order valence-corrected chi connectivity index (χ1v) is 9.86. The van der Waals surface area contributed by atoms with E-state index >= 15 is 0 Å². The van der Waals surface area contributed by atoms with Gasteiger partial charge in [-0.2, -0.15) is 0 Å². The monoisotopic (exact) mass is 415 g/mol.